The Balaban J connectivity index is 1.92. The lowest BCUT2D eigenvalue weighted by atomic mass is 10.2. The van der Waals surface area contributed by atoms with E-state index < -0.39 is 0 Å². The molecule has 94 valence electrons. The summed E-state index contributed by atoms with van der Waals surface area (Å²) >= 11 is 0. The summed E-state index contributed by atoms with van der Waals surface area (Å²) in [5, 5.41) is 3.19. The van der Waals surface area contributed by atoms with Gasteiger partial charge in [0.1, 0.15) is 0 Å². The number of rotatable bonds is 5. The van der Waals surface area contributed by atoms with Crippen molar-refractivity contribution in [2.24, 2.45) is 0 Å². The molecule has 0 saturated carbocycles. The van der Waals surface area contributed by atoms with Gasteiger partial charge in [-0.25, -0.2) is 4.98 Å². The van der Waals surface area contributed by atoms with Crippen LogP contribution < -0.4 is 10.1 Å². The third kappa shape index (κ3) is 3.41. The highest BCUT2D eigenvalue weighted by Gasteiger charge is 2.01. The van der Waals surface area contributed by atoms with Gasteiger partial charge in [0.15, 0.2) is 0 Å². The topological polar surface area (TPSA) is 59.9 Å². The molecular weight excluding hydrogens is 228 g/mol. The molecule has 2 aromatic heterocycles. The Morgan fingerprint density at radius 1 is 1.22 bits per heavy atom. The zero-order chi connectivity index (χ0) is 12.8. The van der Waals surface area contributed by atoms with Crippen LogP contribution in [0.25, 0.3) is 0 Å². The van der Waals surface area contributed by atoms with E-state index in [1.165, 1.54) is 5.56 Å². The SMILES string of the molecule is COc1cc(C)nc(NCCc2ccncc2)n1. The van der Waals surface area contributed by atoms with Crippen LogP contribution in [0.2, 0.25) is 0 Å². The molecule has 18 heavy (non-hydrogen) atoms. The highest BCUT2D eigenvalue weighted by molar-refractivity contribution is 5.30. The Bertz CT molecular complexity index is 502. The number of methoxy groups -OCH3 is 1. The standard InChI is InChI=1S/C13H16N4O/c1-10-9-12(18-2)17-13(16-10)15-8-5-11-3-6-14-7-4-11/h3-4,6-7,9H,5,8H2,1-2H3,(H,15,16,17). The molecule has 0 amide bonds. The first kappa shape index (κ1) is 12.3. The first-order valence-electron chi connectivity index (χ1n) is 5.80. The van der Waals surface area contributed by atoms with Gasteiger partial charge in [0.25, 0.3) is 0 Å². The number of nitrogens with zero attached hydrogens (tertiary/aromatic N) is 3. The number of hydrogen-bond donors (Lipinski definition) is 1. The normalized spacial score (nSPS) is 10.1. The summed E-state index contributed by atoms with van der Waals surface area (Å²) in [6.07, 6.45) is 4.49. The number of aromatic nitrogens is 3. The van der Waals surface area contributed by atoms with Gasteiger partial charge in [-0.2, -0.15) is 4.98 Å². The molecule has 0 atom stereocenters. The fourth-order valence-electron chi connectivity index (χ4n) is 1.59. The molecule has 0 radical (unpaired) electrons. The summed E-state index contributed by atoms with van der Waals surface area (Å²) in [4.78, 5) is 12.5. The van der Waals surface area contributed by atoms with E-state index >= 15 is 0 Å². The van der Waals surface area contributed by atoms with Gasteiger partial charge in [-0.05, 0) is 31.0 Å². The molecule has 2 aromatic rings. The predicted octanol–water partition coefficient (Wildman–Crippen LogP) is 1.84. The molecule has 0 aliphatic rings. The van der Waals surface area contributed by atoms with Gasteiger partial charge in [-0.3, -0.25) is 4.98 Å². The van der Waals surface area contributed by atoms with Gasteiger partial charge in [-0.15, -0.1) is 0 Å². The molecule has 5 heteroatoms. The van der Waals surface area contributed by atoms with Crippen LogP contribution >= 0.6 is 0 Å². The molecule has 2 rings (SSSR count). The molecule has 5 nitrogen and oxygen atoms in total. The predicted molar refractivity (Wildman–Crippen MR) is 69.8 cm³/mol. The maximum Gasteiger partial charge on any atom is 0.226 e. The molecule has 1 N–H and O–H groups in total. The van der Waals surface area contributed by atoms with E-state index in [4.69, 9.17) is 4.74 Å². The van der Waals surface area contributed by atoms with Crippen molar-refractivity contribution in [2.45, 2.75) is 13.3 Å². The van der Waals surface area contributed by atoms with Gasteiger partial charge in [0.2, 0.25) is 11.8 Å². The molecule has 0 saturated heterocycles. The van der Waals surface area contributed by atoms with Crippen molar-refractivity contribution in [1.29, 1.82) is 0 Å². The summed E-state index contributed by atoms with van der Waals surface area (Å²) in [5.41, 5.74) is 2.12. The lowest BCUT2D eigenvalue weighted by Crippen LogP contribution is -2.09. The van der Waals surface area contributed by atoms with E-state index in [1.54, 1.807) is 25.6 Å². The first-order valence-corrected chi connectivity index (χ1v) is 5.80. The molecule has 0 spiro atoms. The summed E-state index contributed by atoms with van der Waals surface area (Å²) in [6, 6.07) is 5.80. The third-order valence-electron chi connectivity index (χ3n) is 2.49. The van der Waals surface area contributed by atoms with Crippen molar-refractivity contribution < 1.29 is 4.74 Å². The van der Waals surface area contributed by atoms with E-state index in [1.807, 2.05) is 19.1 Å². The van der Waals surface area contributed by atoms with Crippen LogP contribution in [0.5, 0.6) is 5.88 Å². The van der Waals surface area contributed by atoms with Crippen LogP contribution in [0, 0.1) is 6.92 Å². The number of nitrogens with one attached hydrogen (secondary N) is 1. The van der Waals surface area contributed by atoms with Gasteiger partial charge < -0.3 is 10.1 Å². The highest BCUT2D eigenvalue weighted by Crippen LogP contribution is 2.11. The zero-order valence-corrected chi connectivity index (χ0v) is 10.6. The average molecular weight is 244 g/mol. The van der Waals surface area contributed by atoms with Crippen LogP contribution in [0.1, 0.15) is 11.3 Å². The second-order valence-corrected chi connectivity index (χ2v) is 3.91. The summed E-state index contributed by atoms with van der Waals surface area (Å²) in [6.45, 7) is 2.69. The van der Waals surface area contributed by atoms with E-state index in [0.29, 0.717) is 11.8 Å². The largest absolute Gasteiger partial charge is 0.481 e. The monoisotopic (exact) mass is 244 g/mol. The van der Waals surface area contributed by atoms with E-state index in [2.05, 4.69) is 20.3 Å². The summed E-state index contributed by atoms with van der Waals surface area (Å²) in [7, 11) is 1.60. The second-order valence-electron chi connectivity index (χ2n) is 3.91. The van der Waals surface area contributed by atoms with Crippen LogP contribution in [-0.4, -0.2) is 28.6 Å². The van der Waals surface area contributed by atoms with Gasteiger partial charge in [0.05, 0.1) is 7.11 Å². The number of pyridine rings is 1. The van der Waals surface area contributed by atoms with Crippen molar-refractivity contribution in [3.05, 3.63) is 41.9 Å². The van der Waals surface area contributed by atoms with Crippen LogP contribution in [0.4, 0.5) is 5.95 Å². The maximum atomic E-state index is 5.10. The summed E-state index contributed by atoms with van der Waals surface area (Å²) < 4.78 is 5.10. The fraction of sp³-hybridized carbons (Fsp3) is 0.308. The Kier molecular flexibility index (Phi) is 4.06. The van der Waals surface area contributed by atoms with Crippen molar-refractivity contribution in [1.82, 2.24) is 15.0 Å². The quantitative estimate of drug-likeness (QED) is 0.869. The summed E-state index contributed by atoms with van der Waals surface area (Å²) in [5.74, 6) is 1.18. The smallest absolute Gasteiger partial charge is 0.226 e. The minimum Gasteiger partial charge on any atom is -0.481 e. The van der Waals surface area contributed by atoms with Crippen LogP contribution in [0.15, 0.2) is 30.6 Å². The Morgan fingerprint density at radius 3 is 2.72 bits per heavy atom. The number of ether oxygens (including phenoxy) is 1. The molecular formula is C13H16N4O. The molecule has 0 bridgehead atoms. The molecule has 0 unspecified atom stereocenters. The molecule has 0 fully saturated rings. The third-order valence-corrected chi connectivity index (χ3v) is 2.49. The molecule has 0 aliphatic carbocycles. The Labute approximate surface area is 106 Å². The molecule has 0 aliphatic heterocycles. The van der Waals surface area contributed by atoms with Crippen LogP contribution in [-0.2, 0) is 6.42 Å². The Hall–Kier alpha value is -2.17. The van der Waals surface area contributed by atoms with E-state index in [0.717, 1.165) is 18.7 Å². The first-order chi connectivity index (χ1) is 8.78. The van der Waals surface area contributed by atoms with Gasteiger partial charge >= 0.3 is 0 Å². The minimum absolute atomic E-state index is 0.578. The average Bonchev–Trinajstić information content (AvgIpc) is 2.39. The minimum atomic E-state index is 0.578. The van der Waals surface area contributed by atoms with Gasteiger partial charge in [-0.1, -0.05) is 0 Å². The highest BCUT2D eigenvalue weighted by atomic mass is 16.5. The fourth-order valence-corrected chi connectivity index (χ4v) is 1.59. The molecule has 2 heterocycles. The van der Waals surface area contributed by atoms with Crippen molar-refractivity contribution >= 4 is 5.95 Å². The second kappa shape index (κ2) is 5.95. The van der Waals surface area contributed by atoms with Crippen LogP contribution in [0.3, 0.4) is 0 Å². The van der Waals surface area contributed by atoms with Crippen molar-refractivity contribution in [3.8, 4) is 5.88 Å². The lowest BCUT2D eigenvalue weighted by Gasteiger charge is -2.07. The van der Waals surface area contributed by atoms with Crippen molar-refractivity contribution in [3.63, 3.8) is 0 Å². The van der Waals surface area contributed by atoms with E-state index in [9.17, 15) is 0 Å². The maximum absolute atomic E-state index is 5.10. The number of hydrogen-bond acceptors (Lipinski definition) is 5. The van der Waals surface area contributed by atoms with Gasteiger partial charge in [0, 0.05) is 30.7 Å². The number of anilines is 1. The van der Waals surface area contributed by atoms with Crippen molar-refractivity contribution in [2.75, 3.05) is 19.0 Å². The molecule has 0 aromatic carbocycles. The zero-order valence-electron chi connectivity index (χ0n) is 10.6. The lowest BCUT2D eigenvalue weighted by molar-refractivity contribution is 0.397. The number of aryl methyl sites for hydroxylation is 1. The Morgan fingerprint density at radius 2 is 2.00 bits per heavy atom. The van der Waals surface area contributed by atoms with E-state index in [-0.39, 0.29) is 0 Å².